The highest BCUT2D eigenvalue weighted by Gasteiger charge is 1.95. The number of benzene rings is 1. The lowest BCUT2D eigenvalue weighted by molar-refractivity contribution is 0.440. The predicted molar refractivity (Wildman–Crippen MR) is 68.6 cm³/mol. The van der Waals surface area contributed by atoms with Crippen LogP contribution in [0.25, 0.3) is 0 Å². The van der Waals surface area contributed by atoms with Gasteiger partial charge in [0.05, 0.1) is 0 Å². The van der Waals surface area contributed by atoms with Gasteiger partial charge in [-0.05, 0) is 36.4 Å². The summed E-state index contributed by atoms with van der Waals surface area (Å²) in [6.07, 6.45) is 4.92. The van der Waals surface area contributed by atoms with Crippen molar-refractivity contribution in [1.29, 1.82) is 0 Å². The lowest BCUT2D eigenvalue weighted by Gasteiger charge is -2.05. The standard InChI is InChI=1S/C12H12O2.C2H6/c1-3-5-11(4-2)14-12-8-6-10(13)7-9-12;1-2/h3-9,13H,1-2H2;1-2H3/b11-5+;. The number of phenols is 1. The second-order valence-electron chi connectivity index (χ2n) is 2.60. The summed E-state index contributed by atoms with van der Waals surface area (Å²) >= 11 is 0. The van der Waals surface area contributed by atoms with Crippen LogP contribution in [0.3, 0.4) is 0 Å². The van der Waals surface area contributed by atoms with Crippen LogP contribution >= 0.6 is 0 Å². The van der Waals surface area contributed by atoms with E-state index in [1.54, 1.807) is 42.5 Å². The summed E-state index contributed by atoms with van der Waals surface area (Å²) in [6, 6.07) is 6.47. The van der Waals surface area contributed by atoms with Crippen LogP contribution in [0.15, 0.2) is 61.4 Å². The van der Waals surface area contributed by atoms with Gasteiger partial charge in [0.15, 0.2) is 0 Å². The Labute approximate surface area is 97.2 Å². The van der Waals surface area contributed by atoms with Gasteiger partial charge in [-0.25, -0.2) is 0 Å². The van der Waals surface area contributed by atoms with E-state index in [9.17, 15) is 0 Å². The fourth-order valence-corrected chi connectivity index (χ4v) is 0.910. The molecule has 1 aromatic rings. The fraction of sp³-hybridized carbons (Fsp3) is 0.143. The molecule has 0 unspecified atom stereocenters. The maximum atomic E-state index is 9.04. The Kier molecular flexibility index (Phi) is 7.33. The quantitative estimate of drug-likeness (QED) is 0.610. The summed E-state index contributed by atoms with van der Waals surface area (Å²) in [5, 5.41) is 9.04. The Morgan fingerprint density at radius 1 is 1.19 bits per heavy atom. The highest BCUT2D eigenvalue weighted by molar-refractivity contribution is 5.32. The van der Waals surface area contributed by atoms with Crippen LogP contribution in [0, 0.1) is 0 Å². The van der Waals surface area contributed by atoms with Crippen molar-refractivity contribution in [2.45, 2.75) is 13.8 Å². The zero-order chi connectivity index (χ0) is 12.4. The van der Waals surface area contributed by atoms with E-state index in [2.05, 4.69) is 13.2 Å². The molecule has 1 aromatic carbocycles. The van der Waals surface area contributed by atoms with E-state index in [0.717, 1.165) is 0 Å². The lowest BCUT2D eigenvalue weighted by atomic mass is 10.3. The summed E-state index contributed by atoms with van der Waals surface area (Å²) in [6.45, 7) is 11.2. The molecule has 0 aliphatic rings. The molecule has 0 aliphatic heterocycles. The second kappa shape index (κ2) is 8.36. The van der Waals surface area contributed by atoms with Gasteiger partial charge in [-0.2, -0.15) is 0 Å². The number of ether oxygens (including phenoxy) is 1. The number of rotatable bonds is 4. The van der Waals surface area contributed by atoms with Gasteiger partial charge in [0.2, 0.25) is 0 Å². The number of allylic oxidation sites excluding steroid dienone is 3. The van der Waals surface area contributed by atoms with Gasteiger partial charge in [0.1, 0.15) is 17.3 Å². The average molecular weight is 218 g/mol. The molecule has 1 N–H and O–H groups in total. The number of hydrogen-bond donors (Lipinski definition) is 1. The summed E-state index contributed by atoms with van der Waals surface area (Å²) in [5.41, 5.74) is 0. The molecule has 2 nitrogen and oxygen atoms in total. The van der Waals surface area contributed by atoms with Crippen LogP contribution < -0.4 is 4.74 Å². The highest BCUT2D eigenvalue weighted by atomic mass is 16.5. The number of hydrogen-bond acceptors (Lipinski definition) is 2. The zero-order valence-corrected chi connectivity index (χ0v) is 9.81. The third-order valence-electron chi connectivity index (χ3n) is 1.56. The molecule has 0 heterocycles. The van der Waals surface area contributed by atoms with Gasteiger partial charge < -0.3 is 9.84 Å². The van der Waals surface area contributed by atoms with E-state index in [-0.39, 0.29) is 5.75 Å². The average Bonchev–Trinajstić information content (AvgIpc) is 2.34. The molecule has 0 bridgehead atoms. The normalized spacial score (nSPS) is 9.75. The van der Waals surface area contributed by atoms with E-state index in [0.29, 0.717) is 11.5 Å². The number of aromatic hydroxyl groups is 1. The summed E-state index contributed by atoms with van der Waals surface area (Å²) in [4.78, 5) is 0. The molecule has 0 atom stereocenters. The van der Waals surface area contributed by atoms with Gasteiger partial charge in [0, 0.05) is 0 Å². The first-order chi connectivity index (χ1) is 7.76. The molecule has 0 fully saturated rings. The van der Waals surface area contributed by atoms with Crippen LogP contribution in [0.4, 0.5) is 0 Å². The van der Waals surface area contributed by atoms with Gasteiger partial charge in [-0.3, -0.25) is 0 Å². The predicted octanol–water partition coefficient (Wildman–Crippen LogP) is 4.05. The molecule has 0 saturated heterocycles. The van der Waals surface area contributed by atoms with Gasteiger partial charge >= 0.3 is 0 Å². The molecule has 16 heavy (non-hydrogen) atoms. The molecular formula is C14H18O2. The monoisotopic (exact) mass is 218 g/mol. The lowest BCUT2D eigenvalue weighted by Crippen LogP contribution is -1.90. The minimum atomic E-state index is 0.213. The Morgan fingerprint density at radius 2 is 1.75 bits per heavy atom. The van der Waals surface area contributed by atoms with Crippen molar-refractivity contribution in [2.24, 2.45) is 0 Å². The minimum Gasteiger partial charge on any atom is -0.508 e. The molecule has 0 spiro atoms. The topological polar surface area (TPSA) is 29.5 Å². The maximum Gasteiger partial charge on any atom is 0.127 e. The van der Waals surface area contributed by atoms with E-state index in [4.69, 9.17) is 9.84 Å². The third-order valence-corrected chi connectivity index (χ3v) is 1.56. The fourth-order valence-electron chi connectivity index (χ4n) is 0.910. The Hall–Kier alpha value is -1.96. The van der Waals surface area contributed by atoms with Crippen molar-refractivity contribution in [1.82, 2.24) is 0 Å². The van der Waals surface area contributed by atoms with Crippen molar-refractivity contribution in [3.63, 3.8) is 0 Å². The summed E-state index contributed by atoms with van der Waals surface area (Å²) in [5.74, 6) is 1.48. The van der Waals surface area contributed by atoms with Crippen LogP contribution in [0.1, 0.15) is 13.8 Å². The molecule has 1 rings (SSSR count). The van der Waals surface area contributed by atoms with Crippen molar-refractivity contribution in [2.75, 3.05) is 0 Å². The first-order valence-corrected chi connectivity index (χ1v) is 5.18. The SMILES string of the molecule is C=C/C=C(\C=C)Oc1ccc(O)cc1.CC. The first-order valence-electron chi connectivity index (χ1n) is 5.18. The van der Waals surface area contributed by atoms with Crippen molar-refractivity contribution >= 4 is 0 Å². The van der Waals surface area contributed by atoms with Gasteiger partial charge in [-0.1, -0.05) is 33.1 Å². The Balaban J connectivity index is 0.00000106. The Bertz CT molecular complexity index is 348. The van der Waals surface area contributed by atoms with Crippen molar-refractivity contribution in [3.05, 3.63) is 61.4 Å². The Morgan fingerprint density at radius 3 is 2.19 bits per heavy atom. The first kappa shape index (κ1) is 14.0. The summed E-state index contributed by atoms with van der Waals surface area (Å²) < 4.78 is 5.42. The number of phenolic OH excluding ortho intramolecular Hbond substituents is 1. The molecule has 0 aromatic heterocycles. The van der Waals surface area contributed by atoms with Gasteiger partial charge in [-0.15, -0.1) is 0 Å². The molecule has 0 amide bonds. The molecule has 0 aliphatic carbocycles. The van der Waals surface area contributed by atoms with E-state index < -0.39 is 0 Å². The maximum absolute atomic E-state index is 9.04. The van der Waals surface area contributed by atoms with Gasteiger partial charge in [0.25, 0.3) is 0 Å². The highest BCUT2D eigenvalue weighted by Crippen LogP contribution is 2.18. The molecule has 2 heteroatoms. The second-order valence-corrected chi connectivity index (χ2v) is 2.60. The molecule has 0 saturated carbocycles. The van der Waals surface area contributed by atoms with Crippen molar-refractivity contribution in [3.8, 4) is 11.5 Å². The van der Waals surface area contributed by atoms with Crippen LogP contribution in [-0.4, -0.2) is 5.11 Å². The zero-order valence-electron chi connectivity index (χ0n) is 9.81. The van der Waals surface area contributed by atoms with Crippen molar-refractivity contribution < 1.29 is 9.84 Å². The molecule has 0 radical (unpaired) electrons. The van der Waals surface area contributed by atoms with Crippen LogP contribution in [-0.2, 0) is 0 Å². The third kappa shape index (κ3) is 5.05. The summed E-state index contributed by atoms with van der Waals surface area (Å²) in [7, 11) is 0. The van der Waals surface area contributed by atoms with Crippen LogP contribution in [0.5, 0.6) is 11.5 Å². The largest absolute Gasteiger partial charge is 0.508 e. The van der Waals surface area contributed by atoms with E-state index in [1.807, 2.05) is 13.8 Å². The van der Waals surface area contributed by atoms with E-state index in [1.165, 1.54) is 0 Å². The smallest absolute Gasteiger partial charge is 0.127 e. The molecular weight excluding hydrogens is 200 g/mol. The van der Waals surface area contributed by atoms with Crippen LogP contribution in [0.2, 0.25) is 0 Å². The van der Waals surface area contributed by atoms with E-state index >= 15 is 0 Å². The molecule has 86 valence electrons. The minimum absolute atomic E-state index is 0.213.